The molecule has 0 saturated carbocycles. The maximum atomic E-state index is 11.6. The third kappa shape index (κ3) is 4.32. The molecule has 0 fully saturated rings. The number of nitrogens with one attached hydrogen (secondary N) is 2. The number of hydrogen-bond donors (Lipinski definition) is 3. The van der Waals surface area contributed by atoms with Crippen LogP contribution in [-0.2, 0) is 0 Å². The van der Waals surface area contributed by atoms with Gasteiger partial charge in [-0.3, -0.25) is 5.41 Å². The molecule has 1 rings (SSSR count). The van der Waals surface area contributed by atoms with Crippen LogP contribution in [0.5, 0.6) is 5.75 Å². The summed E-state index contributed by atoms with van der Waals surface area (Å²) in [7, 11) is 1.71. The Morgan fingerprint density at radius 3 is 2.89 bits per heavy atom. The summed E-state index contributed by atoms with van der Waals surface area (Å²) in [6.45, 7) is 2.56. The minimum atomic E-state index is -0.179. The smallest absolute Gasteiger partial charge is 0.321 e. The zero-order valence-corrected chi connectivity index (χ0v) is 10.6. The van der Waals surface area contributed by atoms with E-state index < -0.39 is 0 Å². The van der Waals surface area contributed by atoms with Crippen molar-refractivity contribution in [2.24, 2.45) is 5.73 Å². The minimum absolute atomic E-state index is 0.0340. The van der Waals surface area contributed by atoms with E-state index in [1.165, 1.54) is 0 Å². The lowest BCUT2D eigenvalue weighted by Gasteiger charge is -2.15. The number of amidine groups is 1. The quantitative estimate of drug-likeness (QED) is 0.546. The Kier molecular flexibility index (Phi) is 4.98. The Balaban J connectivity index is 2.64. The number of carbonyl (C=O) groups is 1. The monoisotopic (exact) mass is 250 g/mol. The molecule has 0 saturated heterocycles. The van der Waals surface area contributed by atoms with Gasteiger partial charge in [-0.15, -0.1) is 0 Å². The van der Waals surface area contributed by atoms with Crippen molar-refractivity contribution in [3.05, 3.63) is 24.3 Å². The molecule has 4 N–H and O–H groups in total. The van der Waals surface area contributed by atoms with Gasteiger partial charge < -0.3 is 20.7 Å². The molecule has 0 aromatic heterocycles. The molecule has 1 aromatic rings. The first-order valence-electron chi connectivity index (χ1n) is 5.60. The maximum Gasteiger partial charge on any atom is 0.321 e. The van der Waals surface area contributed by atoms with Crippen molar-refractivity contribution in [1.82, 2.24) is 4.90 Å². The Hall–Kier alpha value is -2.24. The largest absolute Gasteiger partial charge is 0.486 e. The van der Waals surface area contributed by atoms with Crippen molar-refractivity contribution in [3.8, 4) is 5.75 Å². The lowest BCUT2D eigenvalue weighted by molar-refractivity contribution is 0.224. The van der Waals surface area contributed by atoms with Crippen LogP contribution in [0, 0.1) is 5.41 Å². The average molecular weight is 250 g/mol. The number of nitrogens with two attached hydrogens (primary N) is 1. The first kappa shape index (κ1) is 13.8. The predicted octanol–water partition coefficient (Wildman–Crippen LogP) is 1.48. The van der Waals surface area contributed by atoms with Crippen molar-refractivity contribution in [2.75, 3.05) is 25.5 Å². The Morgan fingerprint density at radius 2 is 2.28 bits per heavy atom. The van der Waals surface area contributed by atoms with E-state index in [4.69, 9.17) is 15.9 Å². The second kappa shape index (κ2) is 6.48. The predicted molar refractivity (Wildman–Crippen MR) is 71.2 cm³/mol. The molecule has 1 aromatic carbocycles. The molecule has 0 bridgehead atoms. The zero-order valence-electron chi connectivity index (χ0n) is 10.6. The molecule has 0 atom stereocenters. The number of rotatable bonds is 5. The van der Waals surface area contributed by atoms with Gasteiger partial charge in [0.05, 0.1) is 0 Å². The van der Waals surface area contributed by atoms with E-state index in [1.54, 1.807) is 36.2 Å². The van der Waals surface area contributed by atoms with Crippen molar-refractivity contribution in [2.45, 2.75) is 6.92 Å². The molecule has 2 amide bonds. The van der Waals surface area contributed by atoms with E-state index in [0.717, 1.165) is 0 Å². The molecule has 98 valence electrons. The number of amides is 2. The van der Waals surface area contributed by atoms with Gasteiger partial charge in [-0.25, -0.2) is 4.79 Å². The van der Waals surface area contributed by atoms with Gasteiger partial charge in [0.25, 0.3) is 0 Å². The van der Waals surface area contributed by atoms with Gasteiger partial charge in [-0.2, -0.15) is 0 Å². The molecule has 0 spiro atoms. The van der Waals surface area contributed by atoms with Crippen LogP contribution in [0.15, 0.2) is 24.3 Å². The molecule has 0 aliphatic rings. The standard InChI is InChI=1S/C12H18N4O2/c1-3-16(2)12(17)15-9-5-4-6-10(7-9)18-8-11(13)14/h4-7H,3,8H2,1-2H3,(H3,13,14)(H,15,17). The van der Waals surface area contributed by atoms with Crippen LogP contribution >= 0.6 is 0 Å². The van der Waals surface area contributed by atoms with Crippen molar-refractivity contribution in [3.63, 3.8) is 0 Å². The molecule has 6 nitrogen and oxygen atoms in total. The summed E-state index contributed by atoms with van der Waals surface area (Å²) in [6.07, 6.45) is 0. The summed E-state index contributed by atoms with van der Waals surface area (Å²) in [6, 6.07) is 6.77. The van der Waals surface area contributed by atoms with Crippen molar-refractivity contribution >= 4 is 17.6 Å². The summed E-state index contributed by atoms with van der Waals surface area (Å²) in [5.41, 5.74) is 5.84. The third-order valence-electron chi connectivity index (χ3n) is 2.30. The highest BCUT2D eigenvalue weighted by Gasteiger charge is 2.06. The van der Waals surface area contributed by atoms with Gasteiger partial charge in [0, 0.05) is 25.3 Å². The van der Waals surface area contributed by atoms with Crippen LogP contribution < -0.4 is 15.8 Å². The number of anilines is 1. The second-order valence-electron chi connectivity index (χ2n) is 3.79. The van der Waals surface area contributed by atoms with Crippen LogP contribution in [0.4, 0.5) is 10.5 Å². The molecular formula is C12H18N4O2. The number of carbonyl (C=O) groups excluding carboxylic acids is 1. The number of nitrogens with zero attached hydrogens (tertiary/aromatic N) is 1. The fourth-order valence-corrected chi connectivity index (χ4v) is 1.19. The maximum absolute atomic E-state index is 11.6. The zero-order chi connectivity index (χ0) is 13.5. The first-order valence-corrected chi connectivity index (χ1v) is 5.60. The van der Waals surface area contributed by atoms with Crippen LogP contribution in [0.2, 0.25) is 0 Å². The van der Waals surface area contributed by atoms with Gasteiger partial charge in [0.1, 0.15) is 18.2 Å². The Labute approximate surface area is 106 Å². The van der Waals surface area contributed by atoms with Gasteiger partial charge in [0.2, 0.25) is 0 Å². The van der Waals surface area contributed by atoms with Gasteiger partial charge in [-0.05, 0) is 19.1 Å². The SMILES string of the molecule is CCN(C)C(=O)Nc1cccc(OCC(=N)N)c1. The first-order chi connectivity index (χ1) is 8.52. The minimum Gasteiger partial charge on any atom is -0.486 e. The Morgan fingerprint density at radius 1 is 1.56 bits per heavy atom. The summed E-state index contributed by atoms with van der Waals surface area (Å²) in [4.78, 5) is 13.2. The average Bonchev–Trinajstić information content (AvgIpc) is 2.35. The molecular weight excluding hydrogens is 232 g/mol. The fraction of sp³-hybridized carbons (Fsp3) is 0.333. The molecule has 6 heteroatoms. The van der Waals surface area contributed by atoms with E-state index in [9.17, 15) is 4.79 Å². The number of urea groups is 1. The molecule has 0 aliphatic heterocycles. The summed E-state index contributed by atoms with van der Waals surface area (Å²) in [5.74, 6) is 0.511. The summed E-state index contributed by atoms with van der Waals surface area (Å²) >= 11 is 0. The van der Waals surface area contributed by atoms with E-state index in [1.807, 2.05) is 6.92 Å². The van der Waals surface area contributed by atoms with E-state index >= 15 is 0 Å². The van der Waals surface area contributed by atoms with Crippen molar-refractivity contribution < 1.29 is 9.53 Å². The molecule has 0 unspecified atom stereocenters. The molecule has 0 heterocycles. The highest BCUT2D eigenvalue weighted by molar-refractivity contribution is 5.89. The summed E-state index contributed by atoms with van der Waals surface area (Å²) < 4.78 is 5.26. The van der Waals surface area contributed by atoms with Crippen LogP contribution in [0.25, 0.3) is 0 Å². The van der Waals surface area contributed by atoms with Crippen LogP contribution in [0.1, 0.15) is 6.92 Å². The fourth-order valence-electron chi connectivity index (χ4n) is 1.19. The molecule has 0 radical (unpaired) electrons. The van der Waals surface area contributed by atoms with Crippen LogP contribution in [-0.4, -0.2) is 37.0 Å². The number of benzene rings is 1. The molecule has 18 heavy (non-hydrogen) atoms. The van der Waals surface area contributed by atoms with E-state index in [-0.39, 0.29) is 18.5 Å². The summed E-state index contributed by atoms with van der Waals surface area (Å²) in [5, 5.41) is 9.81. The highest BCUT2D eigenvalue weighted by atomic mass is 16.5. The van der Waals surface area contributed by atoms with Gasteiger partial charge in [-0.1, -0.05) is 6.07 Å². The van der Waals surface area contributed by atoms with E-state index in [2.05, 4.69) is 5.32 Å². The topological polar surface area (TPSA) is 91.4 Å². The third-order valence-corrected chi connectivity index (χ3v) is 2.30. The van der Waals surface area contributed by atoms with E-state index in [0.29, 0.717) is 18.0 Å². The Bertz CT molecular complexity index is 434. The lowest BCUT2D eigenvalue weighted by Crippen LogP contribution is -2.30. The van der Waals surface area contributed by atoms with Crippen molar-refractivity contribution in [1.29, 1.82) is 5.41 Å². The lowest BCUT2D eigenvalue weighted by atomic mass is 10.3. The number of ether oxygens (including phenoxy) is 1. The normalized spacial score (nSPS) is 9.67. The van der Waals surface area contributed by atoms with Crippen LogP contribution in [0.3, 0.4) is 0 Å². The van der Waals surface area contributed by atoms with Gasteiger partial charge >= 0.3 is 6.03 Å². The highest BCUT2D eigenvalue weighted by Crippen LogP contribution is 2.17. The van der Waals surface area contributed by atoms with Gasteiger partial charge in [0.15, 0.2) is 0 Å². The second-order valence-corrected chi connectivity index (χ2v) is 3.79. The molecule has 0 aliphatic carbocycles. The number of hydrogen-bond acceptors (Lipinski definition) is 3.